The highest BCUT2D eigenvalue weighted by Crippen LogP contribution is 2.22. The van der Waals surface area contributed by atoms with Gasteiger partial charge in [0.1, 0.15) is 12.3 Å². The average molecular weight is 385 g/mol. The first kappa shape index (κ1) is 20.3. The Balaban J connectivity index is 1.80. The van der Waals surface area contributed by atoms with Crippen LogP contribution in [0.4, 0.5) is 0 Å². The zero-order chi connectivity index (χ0) is 20.1. The van der Waals surface area contributed by atoms with Gasteiger partial charge in [0, 0.05) is 13.2 Å². The van der Waals surface area contributed by atoms with Crippen LogP contribution in [0.3, 0.4) is 0 Å². The number of nitrogens with two attached hydrogens (primary N) is 2. The molecule has 1 unspecified atom stereocenters. The van der Waals surface area contributed by atoms with Gasteiger partial charge in [0.05, 0.1) is 6.04 Å². The number of benzene rings is 2. The molecule has 2 aromatic rings. The molecule has 0 saturated carbocycles. The summed E-state index contributed by atoms with van der Waals surface area (Å²) in [6.45, 7) is 0.300. The molecule has 7 heteroatoms. The molecule has 5 N–H and O–H groups in total. The molecule has 150 valence electrons. The highest BCUT2D eigenvalue weighted by Gasteiger charge is 2.37. The van der Waals surface area contributed by atoms with Crippen molar-refractivity contribution in [2.45, 2.75) is 44.0 Å². The molecule has 2 aromatic carbocycles. The Morgan fingerprint density at radius 3 is 2.57 bits per heavy atom. The molecule has 0 aliphatic carbocycles. The van der Waals surface area contributed by atoms with Crippen molar-refractivity contribution in [3.63, 3.8) is 0 Å². The third kappa shape index (κ3) is 4.49. The Morgan fingerprint density at radius 2 is 1.93 bits per heavy atom. The van der Waals surface area contributed by atoms with Crippen molar-refractivity contribution >= 4 is 22.6 Å². The summed E-state index contributed by atoms with van der Waals surface area (Å²) in [7, 11) is 0. The van der Waals surface area contributed by atoms with Crippen molar-refractivity contribution in [2.75, 3.05) is 13.2 Å². The maximum absolute atomic E-state index is 13.1. The maximum Gasteiger partial charge on any atom is 0.327 e. The second-order valence-corrected chi connectivity index (χ2v) is 7.15. The van der Waals surface area contributed by atoms with E-state index < -0.39 is 30.2 Å². The van der Waals surface area contributed by atoms with Gasteiger partial charge in [-0.3, -0.25) is 4.79 Å². The van der Waals surface area contributed by atoms with E-state index in [9.17, 15) is 14.7 Å². The molecule has 0 aromatic heterocycles. The van der Waals surface area contributed by atoms with Gasteiger partial charge < -0.3 is 26.2 Å². The zero-order valence-electron chi connectivity index (χ0n) is 15.8. The van der Waals surface area contributed by atoms with Crippen molar-refractivity contribution in [2.24, 2.45) is 11.5 Å². The highest BCUT2D eigenvalue weighted by atomic mass is 16.5. The standard InChI is InChI=1S/C21H27N3O4/c22-13-18(21(26)27)24(19-7-3-4-10-28-19)20(25)17(23)12-14-8-9-15-5-1-2-6-16(15)11-14/h1-2,5-6,8-9,11,17-19H,3-4,7,10,12-13,22-23H2,(H,26,27)/t17-,18-,19?/m0/s1. The number of carbonyl (C=O) groups excluding carboxylic acids is 1. The second kappa shape index (κ2) is 9.14. The van der Waals surface area contributed by atoms with Crippen molar-refractivity contribution in [1.29, 1.82) is 0 Å². The minimum atomic E-state index is -1.15. The van der Waals surface area contributed by atoms with Gasteiger partial charge >= 0.3 is 5.97 Å². The number of amides is 1. The fourth-order valence-electron chi connectivity index (χ4n) is 3.67. The van der Waals surface area contributed by atoms with Crippen molar-refractivity contribution in [1.82, 2.24) is 4.90 Å². The van der Waals surface area contributed by atoms with Gasteiger partial charge in [-0.1, -0.05) is 42.5 Å². The third-order valence-corrected chi connectivity index (χ3v) is 5.15. The SMILES string of the molecule is NC[C@@H](C(=O)O)N(C(=O)[C@@H](N)Cc1ccc2ccccc2c1)C1CCCCO1. The minimum Gasteiger partial charge on any atom is -0.480 e. The van der Waals surface area contributed by atoms with Crippen LogP contribution in [0, 0.1) is 0 Å². The highest BCUT2D eigenvalue weighted by molar-refractivity contribution is 5.88. The Labute approximate surface area is 164 Å². The lowest BCUT2D eigenvalue weighted by Crippen LogP contribution is -2.59. The van der Waals surface area contributed by atoms with E-state index >= 15 is 0 Å². The fraction of sp³-hybridized carbons (Fsp3) is 0.429. The number of hydrogen-bond donors (Lipinski definition) is 3. The molecule has 1 heterocycles. The van der Waals surface area contributed by atoms with E-state index in [4.69, 9.17) is 16.2 Å². The smallest absolute Gasteiger partial charge is 0.327 e. The number of hydrogen-bond acceptors (Lipinski definition) is 5. The molecule has 0 radical (unpaired) electrons. The summed E-state index contributed by atoms with van der Waals surface area (Å²) in [6.07, 6.45) is 2.04. The quantitative estimate of drug-likeness (QED) is 0.664. The number of carboxylic acid groups (broad SMARTS) is 1. The summed E-state index contributed by atoms with van der Waals surface area (Å²) in [6, 6.07) is 11.9. The number of rotatable bonds is 7. The summed E-state index contributed by atoms with van der Waals surface area (Å²) in [5, 5.41) is 11.7. The van der Waals surface area contributed by atoms with Gasteiger partial charge in [-0.05, 0) is 42.0 Å². The van der Waals surface area contributed by atoms with Crippen LogP contribution in [0.5, 0.6) is 0 Å². The van der Waals surface area contributed by atoms with Gasteiger partial charge in [-0.25, -0.2) is 4.79 Å². The first-order chi connectivity index (χ1) is 13.5. The van der Waals surface area contributed by atoms with Gasteiger partial charge in [-0.2, -0.15) is 0 Å². The van der Waals surface area contributed by atoms with E-state index in [1.807, 2.05) is 42.5 Å². The van der Waals surface area contributed by atoms with E-state index in [0.717, 1.165) is 29.2 Å². The lowest BCUT2D eigenvalue weighted by atomic mass is 10.0. The van der Waals surface area contributed by atoms with E-state index in [1.165, 1.54) is 4.90 Å². The van der Waals surface area contributed by atoms with Crippen LogP contribution in [0.25, 0.3) is 10.8 Å². The second-order valence-electron chi connectivity index (χ2n) is 7.15. The molecular weight excluding hydrogens is 358 g/mol. The Hall–Kier alpha value is -2.48. The summed E-state index contributed by atoms with van der Waals surface area (Å²) in [4.78, 5) is 26.0. The fourth-order valence-corrected chi connectivity index (χ4v) is 3.67. The molecule has 3 rings (SSSR count). The number of carbonyl (C=O) groups is 2. The van der Waals surface area contributed by atoms with E-state index in [-0.39, 0.29) is 6.54 Å². The Kier molecular flexibility index (Phi) is 6.61. The van der Waals surface area contributed by atoms with Crippen LogP contribution < -0.4 is 11.5 Å². The van der Waals surface area contributed by atoms with Crippen LogP contribution in [-0.4, -0.2) is 53.3 Å². The van der Waals surface area contributed by atoms with Crippen LogP contribution in [0.1, 0.15) is 24.8 Å². The number of ether oxygens (including phenoxy) is 1. The maximum atomic E-state index is 13.1. The molecule has 0 bridgehead atoms. The van der Waals surface area contributed by atoms with Crippen LogP contribution in [0.2, 0.25) is 0 Å². The first-order valence-corrected chi connectivity index (χ1v) is 9.61. The number of fused-ring (bicyclic) bond motifs is 1. The number of aliphatic carboxylic acids is 1. The van der Waals surface area contributed by atoms with Crippen molar-refractivity contribution in [3.8, 4) is 0 Å². The largest absolute Gasteiger partial charge is 0.480 e. The van der Waals surface area contributed by atoms with Crippen molar-refractivity contribution in [3.05, 3.63) is 48.0 Å². The first-order valence-electron chi connectivity index (χ1n) is 9.61. The Morgan fingerprint density at radius 1 is 1.18 bits per heavy atom. The molecule has 28 heavy (non-hydrogen) atoms. The average Bonchev–Trinajstić information content (AvgIpc) is 2.71. The van der Waals surface area contributed by atoms with Gasteiger partial charge in [0.15, 0.2) is 0 Å². The molecule has 1 fully saturated rings. The summed E-state index contributed by atoms with van der Waals surface area (Å²) in [5.74, 6) is -1.60. The van der Waals surface area contributed by atoms with Gasteiger partial charge in [-0.15, -0.1) is 0 Å². The zero-order valence-corrected chi connectivity index (χ0v) is 15.8. The van der Waals surface area contributed by atoms with E-state index in [2.05, 4.69) is 0 Å². The minimum absolute atomic E-state index is 0.191. The van der Waals surface area contributed by atoms with Gasteiger partial charge in [0.25, 0.3) is 0 Å². The monoisotopic (exact) mass is 385 g/mol. The molecule has 1 aliphatic heterocycles. The summed E-state index contributed by atoms with van der Waals surface area (Å²) >= 11 is 0. The van der Waals surface area contributed by atoms with Crippen LogP contribution in [-0.2, 0) is 20.7 Å². The summed E-state index contributed by atoms with van der Waals surface area (Å²) < 4.78 is 5.68. The third-order valence-electron chi connectivity index (χ3n) is 5.15. The lowest BCUT2D eigenvalue weighted by molar-refractivity contribution is -0.169. The summed E-state index contributed by atoms with van der Waals surface area (Å²) in [5.41, 5.74) is 12.8. The van der Waals surface area contributed by atoms with E-state index in [1.54, 1.807) is 0 Å². The Bertz CT molecular complexity index is 835. The predicted molar refractivity (Wildman–Crippen MR) is 107 cm³/mol. The predicted octanol–water partition coefficient (Wildman–Crippen LogP) is 1.48. The molecule has 0 spiro atoms. The van der Waals surface area contributed by atoms with E-state index in [0.29, 0.717) is 19.4 Å². The molecule has 1 amide bonds. The topological polar surface area (TPSA) is 119 Å². The molecule has 7 nitrogen and oxygen atoms in total. The molecular formula is C21H27N3O4. The molecule has 1 aliphatic rings. The van der Waals surface area contributed by atoms with Gasteiger partial charge in [0.2, 0.25) is 5.91 Å². The van der Waals surface area contributed by atoms with Crippen LogP contribution >= 0.6 is 0 Å². The molecule has 1 saturated heterocycles. The van der Waals surface area contributed by atoms with Crippen molar-refractivity contribution < 1.29 is 19.4 Å². The normalized spacial score (nSPS) is 19.1. The van der Waals surface area contributed by atoms with Crippen LogP contribution in [0.15, 0.2) is 42.5 Å². The number of nitrogens with zero attached hydrogens (tertiary/aromatic N) is 1. The molecule has 3 atom stereocenters. The number of carboxylic acids is 1. The lowest BCUT2D eigenvalue weighted by Gasteiger charge is -2.38.